The highest BCUT2D eigenvalue weighted by molar-refractivity contribution is 6.06. The van der Waals surface area contributed by atoms with E-state index in [0.29, 0.717) is 12.1 Å². The van der Waals surface area contributed by atoms with Crippen molar-refractivity contribution in [2.24, 2.45) is 5.73 Å². The fourth-order valence-corrected chi connectivity index (χ4v) is 1.97. The Labute approximate surface area is 118 Å². The number of aryl methyl sites for hydroxylation is 1. The SMILES string of the molecule is Cc1c(C(=O)N(C)c2cccnc2)cnn1CCCN. The molecule has 2 aromatic heterocycles. The second kappa shape index (κ2) is 6.29. The Morgan fingerprint density at radius 3 is 2.90 bits per heavy atom. The van der Waals surface area contributed by atoms with Gasteiger partial charge in [0.25, 0.3) is 5.91 Å². The molecule has 2 aromatic rings. The van der Waals surface area contributed by atoms with Crippen molar-refractivity contribution in [3.8, 4) is 0 Å². The predicted octanol–water partition coefficient (Wildman–Crippen LogP) is 1.21. The minimum Gasteiger partial charge on any atom is -0.330 e. The number of hydrogen-bond acceptors (Lipinski definition) is 4. The number of nitrogens with two attached hydrogens (primary N) is 1. The zero-order valence-electron chi connectivity index (χ0n) is 11.8. The largest absolute Gasteiger partial charge is 0.330 e. The van der Waals surface area contributed by atoms with Crippen molar-refractivity contribution in [3.05, 3.63) is 42.0 Å². The number of pyridine rings is 1. The van der Waals surface area contributed by atoms with Crippen LogP contribution in [0.2, 0.25) is 0 Å². The highest BCUT2D eigenvalue weighted by Crippen LogP contribution is 2.16. The van der Waals surface area contributed by atoms with E-state index in [4.69, 9.17) is 5.73 Å². The molecule has 0 aromatic carbocycles. The molecule has 0 saturated heterocycles. The average Bonchev–Trinajstić information content (AvgIpc) is 2.85. The summed E-state index contributed by atoms with van der Waals surface area (Å²) in [5, 5.41) is 4.25. The third kappa shape index (κ3) is 2.85. The first kappa shape index (κ1) is 14.2. The Morgan fingerprint density at radius 2 is 2.25 bits per heavy atom. The van der Waals surface area contributed by atoms with Gasteiger partial charge in [0.1, 0.15) is 0 Å². The maximum Gasteiger partial charge on any atom is 0.261 e. The van der Waals surface area contributed by atoms with Gasteiger partial charge in [-0.15, -0.1) is 0 Å². The number of amides is 1. The molecule has 0 aliphatic heterocycles. The first-order valence-corrected chi connectivity index (χ1v) is 6.55. The number of carbonyl (C=O) groups excluding carboxylic acids is 1. The first-order valence-electron chi connectivity index (χ1n) is 6.55. The Morgan fingerprint density at radius 1 is 1.45 bits per heavy atom. The lowest BCUT2D eigenvalue weighted by Crippen LogP contribution is -2.26. The number of carbonyl (C=O) groups is 1. The van der Waals surface area contributed by atoms with Gasteiger partial charge in [-0.2, -0.15) is 5.10 Å². The highest BCUT2D eigenvalue weighted by atomic mass is 16.2. The van der Waals surface area contributed by atoms with Crippen LogP contribution in [0.1, 0.15) is 22.5 Å². The third-order valence-electron chi connectivity index (χ3n) is 3.25. The van der Waals surface area contributed by atoms with E-state index in [1.165, 1.54) is 0 Å². The summed E-state index contributed by atoms with van der Waals surface area (Å²) in [6.45, 7) is 3.23. The van der Waals surface area contributed by atoms with Gasteiger partial charge in [0, 0.05) is 25.5 Å². The molecule has 2 heterocycles. The minimum atomic E-state index is -0.0884. The topological polar surface area (TPSA) is 77.0 Å². The molecule has 20 heavy (non-hydrogen) atoms. The zero-order chi connectivity index (χ0) is 14.5. The molecule has 106 valence electrons. The van der Waals surface area contributed by atoms with Gasteiger partial charge in [-0.3, -0.25) is 14.5 Å². The molecular weight excluding hydrogens is 254 g/mol. The number of rotatable bonds is 5. The Kier molecular flexibility index (Phi) is 4.47. The Balaban J connectivity index is 2.19. The normalized spacial score (nSPS) is 10.6. The molecule has 0 fully saturated rings. The van der Waals surface area contributed by atoms with Crippen LogP contribution in [-0.4, -0.2) is 34.3 Å². The second-order valence-electron chi connectivity index (χ2n) is 4.58. The van der Waals surface area contributed by atoms with Crippen molar-refractivity contribution in [3.63, 3.8) is 0 Å². The fraction of sp³-hybridized carbons (Fsp3) is 0.357. The standard InChI is InChI=1S/C14H19N5O/c1-11-13(10-17-19(11)8-4-6-15)14(20)18(2)12-5-3-7-16-9-12/h3,5,7,9-10H,4,6,8,15H2,1-2H3. The third-order valence-corrected chi connectivity index (χ3v) is 3.25. The lowest BCUT2D eigenvalue weighted by atomic mass is 10.2. The lowest BCUT2D eigenvalue weighted by molar-refractivity contribution is 0.0992. The summed E-state index contributed by atoms with van der Waals surface area (Å²) >= 11 is 0. The molecule has 1 amide bonds. The van der Waals surface area contributed by atoms with Crippen molar-refractivity contribution in [1.82, 2.24) is 14.8 Å². The van der Waals surface area contributed by atoms with Crippen LogP contribution in [0.15, 0.2) is 30.7 Å². The molecule has 0 saturated carbocycles. The van der Waals surface area contributed by atoms with E-state index in [1.807, 2.05) is 17.7 Å². The Bertz CT molecular complexity index is 579. The second-order valence-corrected chi connectivity index (χ2v) is 4.58. The van der Waals surface area contributed by atoms with Gasteiger partial charge in [-0.25, -0.2) is 0 Å². The summed E-state index contributed by atoms with van der Waals surface area (Å²) in [7, 11) is 1.73. The molecule has 2 rings (SSSR count). The maximum atomic E-state index is 12.5. The van der Waals surface area contributed by atoms with E-state index < -0.39 is 0 Å². The molecule has 0 radical (unpaired) electrons. The minimum absolute atomic E-state index is 0.0884. The molecule has 6 nitrogen and oxygen atoms in total. The van der Waals surface area contributed by atoms with Gasteiger partial charge in [-0.05, 0) is 32.0 Å². The van der Waals surface area contributed by atoms with E-state index in [1.54, 1.807) is 36.6 Å². The number of anilines is 1. The molecule has 0 bridgehead atoms. The van der Waals surface area contributed by atoms with E-state index in [9.17, 15) is 4.79 Å². The summed E-state index contributed by atoms with van der Waals surface area (Å²) in [5.74, 6) is -0.0884. The van der Waals surface area contributed by atoms with Gasteiger partial charge in [0.15, 0.2) is 0 Å². The molecule has 0 aliphatic rings. The van der Waals surface area contributed by atoms with Crippen LogP contribution in [0.25, 0.3) is 0 Å². The number of nitrogens with zero attached hydrogens (tertiary/aromatic N) is 4. The van der Waals surface area contributed by atoms with Crippen LogP contribution >= 0.6 is 0 Å². The molecule has 0 aliphatic carbocycles. The van der Waals surface area contributed by atoms with E-state index in [-0.39, 0.29) is 5.91 Å². The average molecular weight is 273 g/mol. The lowest BCUT2D eigenvalue weighted by Gasteiger charge is -2.16. The van der Waals surface area contributed by atoms with Crippen molar-refractivity contribution >= 4 is 11.6 Å². The summed E-state index contributed by atoms with van der Waals surface area (Å²) in [6, 6.07) is 3.65. The molecule has 0 unspecified atom stereocenters. The maximum absolute atomic E-state index is 12.5. The molecule has 0 atom stereocenters. The molecule has 6 heteroatoms. The summed E-state index contributed by atoms with van der Waals surface area (Å²) in [5.41, 5.74) is 7.72. The van der Waals surface area contributed by atoms with Gasteiger partial charge in [0.05, 0.1) is 23.6 Å². The van der Waals surface area contributed by atoms with Crippen LogP contribution in [0, 0.1) is 6.92 Å². The van der Waals surface area contributed by atoms with Crippen LogP contribution in [0.5, 0.6) is 0 Å². The van der Waals surface area contributed by atoms with Crippen LogP contribution in [0.4, 0.5) is 5.69 Å². The molecular formula is C14H19N5O. The van der Waals surface area contributed by atoms with Gasteiger partial charge in [0.2, 0.25) is 0 Å². The zero-order valence-corrected chi connectivity index (χ0v) is 11.8. The van der Waals surface area contributed by atoms with Crippen molar-refractivity contribution < 1.29 is 4.79 Å². The van der Waals surface area contributed by atoms with Crippen molar-refractivity contribution in [2.75, 3.05) is 18.5 Å². The van der Waals surface area contributed by atoms with E-state index in [2.05, 4.69) is 10.1 Å². The monoisotopic (exact) mass is 273 g/mol. The first-order chi connectivity index (χ1) is 9.65. The quantitative estimate of drug-likeness (QED) is 0.888. The smallest absolute Gasteiger partial charge is 0.261 e. The van der Waals surface area contributed by atoms with Crippen LogP contribution in [0.3, 0.4) is 0 Å². The van der Waals surface area contributed by atoms with Gasteiger partial charge < -0.3 is 10.6 Å². The Hall–Kier alpha value is -2.21. The van der Waals surface area contributed by atoms with Crippen molar-refractivity contribution in [2.45, 2.75) is 19.9 Å². The number of aromatic nitrogens is 3. The molecule has 0 spiro atoms. The van der Waals surface area contributed by atoms with E-state index >= 15 is 0 Å². The fourth-order valence-electron chi connectivity index (χ4n) is 1.97. The van der Waals surface area contributed by atoms with Gasteiger partial charge >= 0.3 is 0 Å². The van der Waals surface area contributed by atoms with Crippen molar-refractivity contribution in [1.29, 1.82) is 0 Å². The predicted molar refractivity (Wildman–Crippen MR) is 77.6 cm³/mol. The number of hydrogen-bond donors (Lipinski definition) is 1. The van der Waals surface area contributed by atoms with Gasteiger partial charge in [-0.1, -0.05) is 0 Å². The summed E-state index contributed by atoms with van der Waals surface area (Å²) in [6.07, 6.45) is 5.79. The highest BCUT2D eigenvalue weighted by Gasteiger charge is 2.19. The summed E-state index contributed by atoms with van der Waals surface area (Å²) < 4.78 is 1.82. The van der Waals surface area contributed by atoms with Crippen LogP contribution < -0.4 is 10.6 Å². The van der Waals surface area contributed by atoms with E-state index in [0.717, 1.165) is 24.3 Å². The van der Waals surface area contributed by atoms with Crippen LogP contribution in [-0.2, 0) is 6.54 Å². The summed E-state index contributed by atoms with van der Waals surface area (Å²) in [4.78, 5) is 18.1. The molecule has 2 N–H and O–H groups in total.